The van der Waals surface area contributed by atoms with Gasteiger partial charge in [-0.15, -0.1) is 23.1 Å². The van der Waals surface area contributed by atoms with Crippen molar-refractivity contribution in [1.82, 2.24) is 15.1 Å². The molecule has 4 heterocycles. The molecule has 224 valence electrons. The van der Waals surface area contributed by atoms with Gasteiger partial charge in [-0.05, 0) is 61.0 Å². The van der Waals surface area contributed by atoms with Gasteiger partial charge in [-0.1, -0.05) is 24.3 Å². The Balaban J connectivity index is 1.55. The molecule has 0 unspecified atom stereocenters. The number of ether oxygens (including phenoxy) is 3. The van der Waals surface area contributed by atoms with Crippen LogP contribution in [0.25, 0.3) is 16.3 Å². The van der Waals surface area contributed by atoms with Gasteiger partial charge in [-0.3, -0.25) is 14.5 Å². The average molecular weight is 619 g/mol. The van der Waals surface area contributed by atoms with Crippen molar-refractivity contribution >= 4 is 40.7 Å². The molecule has 43 heavy (non-hydrogen) atoms. The van der Waals surface area contributed by atoms with E-state index in [0.717, 1.165) is 45.8 Å². The number of benzene rings is 2. The van der Waals surface area contributed by atoms with Crippen molar-refractivity contribution in [2.24, 2.45) is 0 Å². The van der Waals surface area contributed by atoms with E-state index in [-0.39, 0.29) is 35.5 Å². The minimum atomic E-state index is -0.334. The lowest BCUT2D eigenvalue weighted by Crippen LogP contribution is -2.44. The van der Waals surface area contributed by atoms with Crippen molar-refractivity contribution < 1.29 is 23.8 Å². The number of nitrogens with zero attached hydrogens (tertiary/aromatic N) is 3. The fourth-order valence-corrected chi connectivity index (χ4v) is 7.54. The van der Waals surface area contributed by atoms with Crippen molar-refractivity contribution in [3.8, 4) is 27.8 Å². The second-order valence-corrected chi connectivity index (χ2v) is 12.5. The maximum absolute atomic E-state index is 14.0. The molecule has 11 heteroatoms. The van der Waals surface area contributed by atoms with Crippen LogP contribution in [0, 0.1) is 6.92 Å². The monoisotopic (exact) mass is 618 g/mol. The molecule has 1 N–H and O–H groups in total. The van der Waals surface area contributed by atoms with Gasteiger partial charge in [0.1, 0.15) is 29.6 Å². The Hall–Kier alpha value is -3.80. The maximum Gasteiger partial charge on any atom is 0.240 e. The van der Waals surface area contributed by atoms with E-state index in [1.165, 1.54) is 11.8 Å². The number of hydrogen-bond acceptors (Lipinski definition) is 8. The lowest BCUT2D eigenvalue weighted by atomic mass is 10.0. The first kappa shape index (κ1) is 29.3. The van der Waals surface area contributed by atoms with Crippen LogP contribution in [0.3, 0.4) is 0 Å². The van der Waals surface area contributed by atoms with Gasteiger partial charge in [0, 0.05) is 24.3 Å². The van der Waals surface area contributed by atoms with Gasteiger partial charge in [-0.2, -0.15) is 5.10 Å². The number of para-hydroxylation sites is 1. The van der Waals surface area contributed by atoms with Gasteiger partial charge in [-0.25, -0.2) is 4.68 Å². The summed E-state index contributed by atoms with van der Waals surface area (Å²) in [5.74, 6) is 1.69. The third kappa shape index (κ3) is 5.89. The summed E-state index contributed by atoms with van der Waals surface area (Å²) < 4.78 is 18.9. The van der Waals surface area contributed by atoms with E-state index in [4.69, 9.17) is 19.3 Å². The van der Waals surface area contributed by atoms with Crippen LogP contribution in [0.2, 0.25) is 0 Å². The Bertz CT molecular complexity index is 1610. The highest BCUT2D eigenvalue weighted by molar-refractivity contribution is 8.00. The Labute approximate surface area is 259 Å². The highest BCUT2D eigenvalue weighted by Crippen LogP contribution is 2.51. The van der Waals surface area contributed by atoms with Crippen molar-refractivity contribution in [3.63, 3.8) is 0 Å². The summed E-state index contributed by atoms with van der Waals surface area (Å²) >= 11 is 3.08. The summed E-state index contributed by atoms with van der Waals surface area (Å²) in [7, 11) is 3.27. The van der Waals surface area contributed by atoms with Crippen molar-refractivity contribution in [1.29, 1.82) is 0 Å². The number of thioether (sulfide) groups is 1. The van der Waals surface area contributed by atoms with Crippen molar-refractivity contribution in [2.75, 3.05) is 44.6 Å². The molecule has 9 nitrogen and oxygen atoms in total. The summed E-state index contributed by atoms with van der Waals surface area (Å²) in [5, 5.41) is 9.85. The van der Waals surface area contributed by atoms with E-state index in [9.17, 15) is 9.59 Å². The number of aryl methyl sites for hydroxylation is 1. The van der Waals surface area contributed by atoms with Crippen LogP contribution < -0.4 is 19.7 Å². The summed E-state index contributed by atoms with van der Waals surface area (Å²) in [6.07, 6.45) is 1.91. The predicted molar refractivity (Wildman–Crippen MR) is 170 cm³/mol. The number of methoxy groups -OCH3 is 2. The number of carbonyl (C=O) groups excluding carboxylic acids is 2. The number of aromatic nitrogens is 2. The highest BCUT2D eigenvalue weighted by atomic mass is 32.2. The number of fused-ring (bicyclic) bond motifs is 1. The number of hydrogen-bond donors (Lipinski definition) is 1. The molecule has 4 aromatic rings. The third-order valence-corrected chi connectivity index (χ3v) is 9.87. The van der Waals surface area contributed by atoms with E-state index in [1.807, 2.05) is 71.6 Å². The number of rotatable bonds is 9. The quantitative estimate of drug-likeness (QED) is 0.269. The molecule has 0 aliphatic carbocycles. The summed E-state index contributed by atoms with van der Waals surface area (Å²) in [6, 6.07) is 17.7. The Morgan fingerprint density at radius 3 is 2.72 bits per heavy atom. The maximum atomic E-state index is 14.0. The molecule has 0 radical (unpaired) electrons. The van der Waals surface area contributed by atoms with E-state index in [1.54, 1.807) is 30.5 Å². The van der Waals surface area contributed by atoms with Crippen molar-refractivity contribution in [3.05, 3.63) is 76.7 Å². The summed E-state index contributed by atoms with van der Waals surface area (Å²) in [6.45, 7) is 3.01. The molecule has 6 rings (SSSR count). The predicted octanol–water partition coefficient (Wildman–Crippen LogP) is 5.39. The Morgan fingerprint density at radius 1 is 1.14 bits per heavy atom. The van der Waals surface area contributed by atoms with E-state index in [0.29, 0.717) is 30.5 Å². The lowest BCUT2D eigenvalue weighted by molar-refractivity contribution is -0.123. The van der Waals surface area contributed by atoms with Gasteiger partial charge >= 0.3 is 0 Å². The zero-order valence-corrected chi connectivity index (χ0v) is 26.0. The van der Waals surface area contributed by atoms with E-state index >= 15 is 0 Å². The molecule has 2 amide bonds. The van der Waals surface area contributed by atoms with E-state index < -0.39 is 0 Å². The topological polar surface area (TPSA) is 94.9 Å². The first-order valence-electron chi connectivity index (χ1n) is 14.2. The van der Waals surface area contributed by atoms with Gasteiger partial charge in [0.25, 0.3) is 0 Å². The normalized spacial score (nSPS) is 18.3. The second-order valence-electron chi connectivity index (χ2n) is 10.5. The smallest absolute Gasteiger partial charge is 0.240 e. The van der Waals surface area contributed by atoms with Gasteiger partial charge < -0.3 is 19.5 Å². The van der Waals surface area contributed by atoms with Crippen LogP contribution in [-0.2, 0) is 14.3 Å². The van der Waals surface area contributed by atoms with E-state index in [2.05, 4.69) is 5.32 Å². The summed E-state index contributed by atoms with van der Waals surface area (Å²) in [5.41, 5.74) is 4.30. The molecule has 2 aromatic heterocycles. The van der Waals surface area contributed by atoms with Gasteiger partial charge in [0.2, 0.25) is 11.8 Å². The fraction of sp³-hybridized carbons (Fsp3) is 0.344. The second kappa shape index (κ2) is 12.8. The van der Waals surface area contributed by atoms with Gasteiger partial charge in [0.05, 0.1) is 41.9 Å². The minimum Gasteiger partial charge on any atom is -0.497 e. The first-order chi connectivity index (χ1) is 21.0. The molecule has 0 spiro atoms. The number of anilines is 1. The fourth-order valence-electron chi connectivity index (χ4n) is 5.61. The largest absolute Gasteiger partial charge is 0.497 e. The number of thiophene rings is 1. The van der Waals surface area contributed by atoms with Crippen LogP contribution in [0.1, 0.15) is 34.8 Å². The lowest BCUT2D eigenvalue weighted by Gasteiger charge is -2.24. The molecule has 1 saturated heterocycles. The van der Waals surface area contributed by atoms with Crippen LogP contribution in [0.5, 0.6) is 11.5 Å². The molecule has 2 atom stereocenters. The highest BCUT2D eigenvalue weighted by Gasteiger charge is 2.39. The molecular weight excluding hydrogens is 585 g/mol. The van der Waals surface area contributed by atoms with Gasteiger partial charge in [0.15, 0.2) is 0 Å². The third-order valence-electron chi connectivity index (χ3n) is 7.76. The molecule has 0 bridgehead atoms. The molecule has 2 aromatic carbocycles. The van der Waals surface area contributed by atoms with Crippen LogP contribution in [-0.4, -0.2) is 67.4 Å². The first-order valence-corrected chi connectivity index (χ1v) is 16.2. The molecule has 1 fully saturated rings. The Kier molecular flexibility index (Phi) is 8.73. The number of amides is 2. The standard InChI is InChI=1S/C32H34N4O5S2/c1-20-8-4-5-10-24(20)36-32-29(30(34-36)26-11-7-15-42-26)31(23-16-21(39-2)12-13-25(23)40-3)43-19-28(38)35(32)18-27(37)33-17-22-9-6-14-41-22/h4-5,7-8,10-13,15-16,22,31H,6,9,14,17-19H2,1-3H3,(H,33,37)/t22-,31-/m1/s1. The number of nitrogens with one attached hydrogen (secondary N) is 1. The number of carbonyl (C=O) groups is 2. The minimum absolute atomic E-state index is 0.00253. The summed E-state index contributed by atoms with van der Waals surface area (Å²) in [4.78, 5) is 29.9. The van der Waals surface area contributed by atoms with Crippen molar-refractivity contribution in [2.45, 2.75) is 31.1 Å². The Morgan fingerprint density at radius 2 is 2.00 bits per heavy atom. The van der Waals surface area contributed by atoms with Crippen LogP contribution in [0.15, 0.2) is 60.0 Å². The zero-order chi connectivity index (χ0) is 29.9. The molecule has 2 aliphatic heterocycles. The SMILES string of the molecule is COc1ccc(OC)c([C@H]2SCC(=O)N(CC(=O)NC[C@H]3CCCO3)c3c2c(-c2cccs2)nn3-c2ccccc2C)c1. The zero-order valence-electron chi connectivity index (χ0n) is 24.4. The molecule has 0 saturated carbocycles. The van der Waals surface area contributed by atoms with Crippen LogP contribution >= 0.6 is 23.1 Å². The molecular formula is C32H34N4O5S2. The average Bonchev–Trinajstić information content (AvgIpc) is 3.80. The van der Waals surface area contributed by atoms with Crippen LogP contribution in [0.4, 0.5) is 5.82 Å². The molecule has 2 aliphatic rings.